The van der Waals surface area contributed by atoms with Gasteiger partial charge in [0.2, 0.25) is 0 Å². The topological polar surface area (TPSA) is 37.3 Å². The summed E-state index contributed by atoms with van der Waals surface area (Å²) in [7, 11) is 0. The monoisotopic (exact) mass is 260 g/mol. The SMILES string of the molecule is CCC1(CC)CC(C(=O)O)(c2ccc(C)c(C)c2)C1. The van der Waals surface area contributed by atoms with Crippen LogP contribution >= 0.6 is 0 Å². The third kappa shape index (κ3) is 2.07. The van der Waals surface area contributed by atoms with E-state index in [1.807, 2.05) is 12.1 Å². The molecule has 1 aromatic rings. The number of rotatable bonds is 4. The lowest BCUT2D eigenvalue weighted by Gasteiger charge is -2.54. The van der Waals surface area contributed by atoms with Gasteiger partial charge in [0.05, 0.1) is 5.41 Å². The Kier molecular flexibility index (Phi) is 3.46. The normalized spacial score (nSPS) is 19.8. The molecule has 1 aliphatic carbocycles. The number of benzene rings is 1. The molecule has 1 aromatic carbocycles. The van der Waals surface area contributed by atoms with Gasteiger partial charge in [0.15, 0.2) is 0 Å². The van der Waals surface area contributed by atoms with E-state index < -0.39 is 11.4 Å². The predicted molar refractivity (Wildman–Crippen MR) is 77.5 cm³/mol. The molecule has 0 aromatic heterocycles. The molecule has 0 heterocycles. The molecule has 2 heteroatoms. The molecule has 1 aliphatic rings. The first-order valence-corrected chi connectivity index (χ1v) is 7.20. The Morgan fingerprint density at radius 1 is 1.16 bits per heavy atom. The van der Waals surface area contributed by atoms with Crippen LogP contribution in [0.25, 0.3) is 0 Å². The van der Waals surface area contributed by atoms with Crippen LogP contribution in [0, 0.1) is 19.3 Å². The van der Waals surface area contributed by atoms with Crippen LogP contribution < -0.4 is 0 Å². The molecule has 2 nitrogen and oxygen atoms in total. The smallest absolute Gasteiger partial charge is 0.314 e. The molecule has 1 N–H and O–H groups in total. The third-order valence-corrected chi connectivity index (χ3v) is 5.32. The molecule has 0 spiro atoms. The van der Waals surface area contributed by atoms with Gasteiger partial charge in [-0.05, 0) is 48.8 Å². The average molecular weight is 260 g/mol. The summed E-state index contributed by atoms with van der Waals surface area (Å²) in [5, 5.41) is 9.72. The highest BCUT2D eigenvalue weighted by Crippen LogP contribution is 2.59. The Morgan fingerprint density at radius 3 is 2.16 bits per heavy atom. The number of aryl methyl sites for hydroxylation is 2. The highest BCUT2D eigenvalue weighted by Gasteiger charge is 2.58. The van der Waals surface area contributed by atoms with E-state index in [0.717, 1.165) is 31.2 Å². The number of aliphatic carboxylic acids is 1. The van der Waals surface area contributed by atoms with E-state index in [0.29, 0.717) is 0 Å². The third-order valence-electron chi connectivity index (χ3n) is 5.32. The van der Waals surface area contributed by atoms with E-state index in [1.54, 1.807) is 0 Å². The number of carbonyl (C=O) groups is 1. The van der Waals surface area contributed by atoms with Gasteiger partial charge in [-0.15, -0.1) is 0 Å². The molecule has 104 valence electrons. The zero-order valence-corrected chi connectivity index (χ0v) is 12.4. The molecule has 1 fully saturated rings. The van der Waals surface area contributed by atoms with Crippen LogP contribution in [0.4, 0.5) is 0 Å². The Labute approximate surface area is 115 Å². The van der Waals surface area contributed by atoms with Gasteiger partial charge < -0.3 is 5.11 Å². The van der Waals surface area contributed by atoms with Gasteiger partial charge in [0.25, 0.3) is 0 Å². The number of carboxylic acids is 1. The summed E-state index contributed by atoms with van der Waals surface area (Å²) >= 11 is 0. The van der Waals surface area contributed by atoms with Gasteiger partial charge in [-0.2, -0.15) is 0 Å². The quantitative estimate of drug-likeness (QED) is 0.879. The van der Waals surface area contributed by atoms with E-state index in [9.17, 15) is 9.90 Å². The Bertz CT molecular complexity index is 490. The molecule has 0 aliphatic heterocycles. The molecular formula is C17H24O2. The Morgan fingerprint density at radius 2 is 1.74 bits per heavy atom. The second-order valence-electron chi connectivity index (χ2n) is 6.25. The van der Waals surface area contributed by atoms with Crippen molar-refractivity contribution in [1.29, 1.82) is 0 Å². The summed E-state index contributed by atoms with van der Waals surface area (Å²) in [4.78, 5) is 11.8. The minimum atomic E-state index is -0.659. The zero-order valence-electron chi connectivity index (χ0n) is 12.4. The highest BCUT2D eigenvalue weighted by molar-refractivity contribution is 5.83. The van der Waals surface area contributed by atoms with Crippen molar-refractivity contribution in [1.82, 2.24) is 0 Å². The largest absolute Gasteiger partial charge is 0.481 e. The van der Waals surface area contributed by atoms with Gasteiger partial charge in [0.1, 0.15) is 0 Å². The van der Waals surface area contributed by atoms with E-state index in [1.165, 1.54) is 11.1 Å². The van der Waals surface area contributed by atoms with Gasteiger partial charge in [-0.3, -0.25) is 4.79 Å². The lowest BCUT2D eigenvalue weighted by Crippen LogP contribution is -2.54. The number of hydrogen-bond acceptors (Lipinski definition) is 1. The van der Waals surface area contributed by atoms with Crippen molar-refractivity contribution in [2.75, 3.05) is 0 Å². The maximum absolute atomic E-state index is 11.8. The summed E-state index contributed by atoms with van der Waals surface area (Å²) in [6.07, 6.45) is 3.71. The fourth-order valence-corrected chi connectivity index (χ4v) is 3.50. The standard InChI is InChI=1S/C17H24O2/c1-5-16(6-2)10-17(11-16,15(18)19)14-8-7-12(3)13(4)9-14/h7-9H,5-6,10-11H2,1-4H3,(H,18,19). The van der Waals surface area contributed by atoms with E-state index in [-0.39, 0.29) is 5.41 Å². The van der Waals surface area contributed by atoms with Crippen LogP contribution in [0.15, 0.2) is 18.2 Å². The summed E-state index contributed by atoms with van der Waals surface area (Å²) in [5.74, 6) is -0.659. The molecule has 0 bridgehead atoms. The molecule has 0 radical (unpaired) electrons. The molecular weight excluding hydrogens is 236 g/mol. The molecule has 0 unspecified atom stereocenters. The van der Waals surface area contributed by atoms with Crippen LogP contribution in [0.2, 0.25) is 0 Å². The maximum Gasteiger partial charge on any atom is 0.314 e. The molecule has 0 atom stereocenters. The van der Waals surface area contributed by atoms with E-state index in [4.69, 9.17) is 0 Å². The van der Waals surface area contributed by atoms with Crippen LogP contribution in [-0.4, -0.2) is 11.1 Å². The first-order valence-electron chi connectivity index (χ1n) is 7.20. The second-order valence-corrected chi connectivity index (χ2v) is 6.25. The first-order chi connectivity index (χ1) is 8.89. The van der Waals surface area contributed by atoms with Crippen molar-refractivity contribution in [3.05, 3.63) is 34.9 Å². The summed E-state index contributed by atoms with van der Waals surface area (Å²) in [6, 6.07) is 6.12. The fraction of sp³-hybridized carbons (Fsp3) is 0.588. The van der Waals surface area contributed by atoms with Gasteiger partial charge in [0, 0.05) is 0 Å². The van der Waals surface area contributed by atoms with Crippen LogP contribution in [0.5, 0.6) is 0 Å². The zero-order chi connectivity index (χ0) is 14.3. The van der Waals surface area contributed by atoms with Crippen molar-refractivity contribution in [3.63, 3.8) is 0 Å². The molecule has 1 saturated carbocycles. The van der Waals surface area contributed by atoms with E-state index >= 15 is 0 Å². The van der Waals surface area contributed by atoms with Crippen LogP contribution in [-0.2, 0) is 10.2 Å². The van der Waals surface area contributed by atoms with Crippen molar-refractivity contribution in [2.45, 2.75) is 58.8 Å². The van der Waals surface area contributed by atoms with Crippen molar-refractivity contribution in [3.8, 4) is 0 Å². The minimum Gasteiger partial charge on any atom is -0.481 e. The minimum absolute atomic E-state index is 0.233. The summed E-state index contributed by atoms with van der Waals surface area (Å²) in [5.41, 5.74) is 2.98. The number of carboxylic acid groups (broad SMARTS) is 1. The first kappa shape index (κ1) is 14.1. The van der Waals surface area contributed by atoms with Crippen LogP contribution in [0.3, 0.4) is 0 Å². The Hall–Kier alpha value is -1.31. The average Bonchev–Trinajstić information content (AvgIpc) is 2.33. The lowest BCUT2D eigenvalue weighted by atomic mass is 9.48. The van der Waals surface area contributed by atoms with E-state index in [2.05, 4.69) is 33.8 Å². The second kappa shape index (κ2) is 4.66. The van der Waals surface area contributed by atoms with Gasteiger partial charge in [-0.1, -0.05) is 44.9 Å². The van der Waals surface area contributed by atoms with Crippen molar-refractivity contribution < 1.29 is 9.90 Å². The summed E-state index contributed by atoms with van der Waals surface area (Å²) in [6.45, 7) is 8.47. The molecule has 2 rings (SSSR count). The Balaban J connectivity index is 2.38. The highest BCUT2D eigenvalue weighted by atomic mass is 16.4. The van der Waals surface area contributed by atoms with Crippen LogP contribution in [0.1, 0.15) is 56.2 Å². The van der Waals surface area contributed by atoms with Gasteiger partial charge in [-0.25, -0.2) is 0 Å². The van der Waals surface area contributed by atoms with Crippen molar-refractivity contribution in [2.24, 2.45) is 5.41 Å². The number of hydrogen-bond donors (Lipinski definition) is 1. The molecule has 0 saturated heterocycles. The molecule has 19 heavy (non-hydrogen) atoms. The maximum atomic E-state index is 11.8. The fourth-order valence-electron chi connectivity index (χ4n) is 3.50. The predicted octanol–water partition coefficient (Wildman–Crippen LogP) is 4.23. The molecule has 0 amide bonds. The van der Waals surface area contributed by atoms with Crippen molar-refractivity contribution >= 4 is 5.97 Å². The summed E-state index contributed by atoms with van der Waals surface area (Å²) < 4.78 is 0. The lowest BCUT2D eigenvalue weighted by molar-refractivity contribution is -0.155. The van der Waals surface area contributed by atoms with Gasteiger partial charge >= 0.3 is 5.97 Å².